The van der Waals surface area contributed by atoms with Crippen LogP contribution in [0.1, 0.15) is 48.8 Å². The van der Waals surface area contributed by atoms with Crippen LogP contribution in [0.3, 0.4) is 0 Å². The Bertz CT molecular complexity index is 551. The van der Waals surface area contributed by atoms with Crippen LogP contribution >= 0.6 is 0 Å². The quantitative estimate of drug-likeness (QED) is 0.838. The van der Waals surface area contributed by atoms with Crippen LogP contribution < -0.4 is 5.32 Å². The average molecular weight is 285 g/mol. The smallest absolute Gasteiger partial charge is 0.126 e. The van der Waals surface area contributed by atoms with Crippen molar-refractivity contribution in [2.24, 2.45) is 0 Å². The molecule has 3 nitrogen and oxygen atoms in total. The lowest BCUT2D eigenvalue weighted by Crippen LogP contribution is -2.27. The maximum absolute atomic E-state index is 4.58. The Morgan fingerprint density at radius 3 is 2.48 bits per heavy atom. The minimum atomic E-state index is 0.279. The zero-order valence-corrected chi connectivity index (χ0v) is 13.7. The van der Waals surface area contributed by atoms with E-state index in [1.165, 1.54) is 16.7 Å². The lowest BCUT2D eigenvalue weighted by molar-refractivity contribution is 0.482. The van der Waals surface area contributed by atoms with Crippen molar-refractivity contribution in [3.05, 3.63) is 53.1 Å². The van der Waals surface area contributed by atoms with Crippen LogP contribution in [0, 0.1) is 13.8 Å². The molecule has 3 heteroatoms. The van der Waals surface area contributed by atoms with E-state index in [2.05, 4.69) is 67.0 Å². The molecule has 0 saturated heterocycles. The molecule has 1 unspecified atom stereocenters. The Labute approximate surface area is 128 Å². The van der Waals surface area contributed by atoms with Crippen molar-refractivity contribution < 1.29 is 0 Å². The minimum Gasteiger partial charge on any atom is -0.334 e. The van der Waals surface area contributed by atoms with Gasteiger partial charge in [-0.1, -0.05) is 36.2 Å². The second kappa shape index (κ2) is 7.41. The normalized spacial score (nSPS) is 12.6. The van der Waals surface area contributed by atoms with E-state index in [1.807, 2.05) is 6.20 Å². The van der Waals surface area contributed by atoms with E-state index in [0.29, 0.717) is 0 Å². The van der Waals surface area contributed by atoms with Crippen LogP contribution in [0.5, 0.6) is 0 Å². The van der Waals surface area contributed by atoms with Crippen molar-refractivity contribution >= 4 is 0 Å². The molecule has 1 aromatic carbocycles. The van der Waals surface area contributed by atoms with Crippen LogP contribution in [-0.2, 0) is 13.0 Å². The first-order valence-electron chi connectivity index (χ1n) is 7.95. The fraction of sp³-hybridized carbons (Fsp3) is 0.500. The van der Waals surface area contributed by atoms with Crippen molar-refractivity contribution in [1.82, 2.24) is 14.9 Å². The molecule has 1 heterocycles. The van der Waals surface area contributed by atoms with Gasteiger partial charge in [-0.3, -0.25) is 0 Å². The SMILES string of the molecule is CCCNC(Cc1cc(C)cc(C)c1)c1nccn1CC. The third-order valence-corrected chi connectivity index (χ3v) is 3.76. The lowest BCUT2D eigenvalue weighted by atomic mass is 10.0. The molecule has 1 aromatic heterocycles. The molecular formula is C18H27N3. The number of nitrogens with zero attached hydrogens (tertiary/aromatic N) is 2. The Morgan fingerprint density at radius 2 is 1.86 bits per heavy atom. The summed E-state index contributed by atoms with van der Waals surface area (Å²) in [5, 5.41) is 3.65. The van der Waals surface area contributed by atoms with Crippen LogP contribution in [0.25, 0.3) is 0 Å². The van der Waals surface area contributed by atoms with Crippen molar-refractivity contribution in [2.75, 3.05) is 6.54 Å². The van der Waals surface area contributed by atoms with Crippen molar-refractivity contribution in [3.63, 3.8) is 0 Å². The highest BCUT2D eigenvalue weighted by Crippen LogP contribution is 2.19. The zero-order valence-electron chi connectivity index (χ0n) is 13.7. The van der Waals surface area contributed by atoms with Crippen LogP contribution in [0.2, 0.25) is 0 Å². The molecule has 0 aliphatic heterocycles. The molecule has 21 heavy (non-hydrogen) atoms. The van der Waals surface area contributed by atoms with E-state index in [4.69, 9.17) is 0 Å². The van der Waals surface area contributed by atoms with Gasteiger partial charge in [0, 0.05) is 18.9 Å². The summed E-state index contributed by atoms with van der Waals surface area (Å²) in [5.41, 5.74) is 4.04. The molecule has 1 atom stereocenters. The van der Waals surface area contributed by atoms with E-state index >= 15 is 0 Å². The molecule has 2 rings (SSSR count). The van der Waals surface area contributed by atoms with Crippen molar-refractivity contribution in [1.29, 1.82) is 0 Å². The summed E-state index contributed by atoms with van der Waals surface area (Å²) in [6.45, 7) is 10.7. The van der Waals surface area contributed by atoms with Gasteiger partial charge in [-0.15, -0.1) is 0 Å². The lowest BCUT2D eigenvalue weighted by Gasteiger charge is -2.20. The van der Waals surface area contributed by atoms with Gasteiger partial charge in [-0.2, -0.15) is 0 Å². The first-order valence-corrected chi connectivity index (χ1v) is 7.95. The Morgan fingerprint density at radius 1 is 1.14 bits per heavy atom. The maximum Gasteiger partial charge on any atom is 0.126 e. The monoisotopic (exact) mass is 285 g/mol. The number of nitrogens with one attached hydrogen (secondary N) is 1. The molecule has 1 N–H and O–H groups in total. The molecular weight excluding hydrogens is 258 g/mol. The predicted octanol–water partition coefficient (Wildman–Crippen LogP) is 3.80. The van der Waals surface area contributed by atoms with E-state index in [0.717, 1.165) is 31.8 Å². The third-order valence-electron chi connectivity index (χ3n) is 3.76. The second-order valence-electron chi connectivity index (χ2n) is 5.78. The summed E-state index contributed by atoms with van der Waals surface area (Å²) >= 11 is 0. The van der Waals surface area contributed by atoms with Gasteiger partial charge < -0.3 is 9.88 Å². The first-order chi connectivity index (χ1) is 10.1. The number of imidazole rings is 1. The van der Waals surface area contributed by atoms with Gasteiger partial charge in [0.2, 0.25) is 0 Å². The number of hydrogen-bond acceptors (Lipinski definition) is 2. The summed E-state index contributed by atoms with van der Waals surface area (Å²) in [7, 11) is 0. The minimum absolute atomic E-state index is 0.279. The summed E-state index contributed by atoms with van der Waals surface area (Å²) < 4.78 is 2.23. The second-order valence-corrected chi connectivity index (χ2v) is 5.78. The Balaban J connectivity index is 2.23. The van der Waals surface area contributed by atoms with Gasteiger partial charge >= 0.3 is 0 Å². The highest BCUT2D eigenvalue weighted by molar-refractivity contribution is 5.29. The average Bonchev–Trinajstić information content (AvgIpc) is 2.90. The highest BCUT2D eigenvalue weighted by atomic mass is 15.1. The Hall–Kier alpha value is -1.61. The van der Waals surface area contributed by atoms with Crippen LogP contribution in [0.15, 0.2) is 30.6 Å². The van der Waals surface area contributed by atoms with E-state index < -0.39 is 0 Å². The molecule has 0 spiro atoms. The molecule has 0 amide bonds. The molecule has 0 bridgehead atoms. The standard InChI is InChI=1S/C18H27N3/c1-5-7-19-17(18-20-8-9-21(18)6-2)13-16-11-14(3)10-15(4)12-16/h8-12,17,19H,5-7,13H2,1-4H3. The van der Waals surface area contributed by atoms with Crippen LogP contribution in [-0.4, -0.2) is 16.1 Å². The summed E-state index contributed by atoms with van der Waals surface area (Å²) in [6.07, 6.45) is 6.09. The zero-order chi connectivity index (χ0) is 15.2. The van der Waals surface area contributed by atoms with Gasteiger partial charge in [0.15, 0.2) is 0 Å². The molecule has 0 radical (unpaired) electrons. The van der Waals surface area contributed by atoms with Crippen molar-refractivity contribution in [2.45, 2.75) is 53.1 Å². The van der Waals surface area contributed by atoms with Crippen LogP contribution in [0.4, 0.5) is 0 Å². The molecule has 0 aliphatic carbocycles. The largest absolute Gasteiger partial charge is 0.334 e. The Kier molecular flexibility index (Phi) is 5.57. The summed E-state index contributed by atoms with van der Waals surface area (Å²) in [4.78, 5) is 4.58. The topological polar surface area (TPSA) is 29.9 Å². The molecule has 2 aromatic rings. The molecule has 0 aliphatic rings. The highest BCUT2D eigenvalue weighted by Gasteiger charge is 2.16. The number of benzene rings is 1. The fourth-order valence-electron chi connectivity index (χ4n) is 2.89. The summed E-state index contributed by atoms with van der Waals surface area (Å²) in [5.74, 6) is 1.14. The number of hydrogen-bond donors (Lipinski definition) is 1. The van der Waals surface area contributed by atoms with Gasteiger partial charge in [0.1, 0.15) is 5.82 Å². The fourth-order valence-corrected chi connectivity index (χ4v) is 2.89. The predicted molar refractivity (Wildman–Crippen MR) is 88.6 cm³/mol. The molecule has 0 fully saturated rings. The van der Waals surface area contributed by atoms with Crippen molar-refractivity contribution in [3.8, 4) is 0 Å². The van der Waals surface area contributed by atoms with Gasteiger partial charge in [0.25, 0.3) is 0 Å². The first kappa shape index (κ1) is 15.8. The molecule has 0 saturated carbocycles. The van der Waals surface area contributed by atoms with E-state index in [1.54, 1.807) is 0 Å². The van der Waals surface area contributed by atoms with Gasteiger partial charge in [-0.25, -0.2) is 4.98 Å². The number of aromatic nitrogens is 2. The third kappa shape index (κ3) is 4.18. The maximum atomic E-state index is 4.58. The number of aryl methyl sites for hydroxylation is 3. The van der Waals surface area contributed by atoms with Gasteiger partial charge in [-0.05, 0) is 45.7 Å². The van der Waals surface area contributed by atoms with Gasteiger partial charge in [0.05, 0.1) is 6.04 Å². The molecule has 114 valence electrons. The summed E-state index contributed by atoms with van der Waals surface area (Å²) in [6, 6.07) is 7.08. The van der Waals surface area contributed by atoms with E-state index in [-0.39, 0.29) is 6.04 Å². The number of rotatable bonds is 7. The van der Waals surface area contributed by atoms with E-state index in [9.17, 15) is 0 Å².